The number of nitrogens with two attached hydrogens (primary N) is 1. The largest absolute Gasteiger partial charge is 0.218 e. The fourth-order valence-corrected chi connectivity index (χ4v) is 9.86. The first kappa shape index (κ1) is 37.1. The van der Waals surface area contributed by atoms with Gasteiger partial charge in [0.2, 0.25) is 5.95 Å². The average molecular weight is 841 g/mol. The zero-order valence-corrected chi connectivity index (χ0v) is 33.0. The van der Waals surface area contributed by atoms with E-state index in [0.29, 0.717) is 34.9 Å². The molecular weight excluding hydrogens is 789 g/mol. The number of primary amides is 1. The summed E-state index contributed by atoms with van der Waals surface area (Å²) in [6.07, 6.45) is 6.71. The van der Waals surface area contributed by atoms with Gasteiger partial charge in [0.25, 0.3) is 0 Å². The normalized spacial score (nSPS) is 20.0. The molecule has 12 nitrogen and oxygen atoms in total. The Hall–Kier alpha value is -3.18. The summed E-state index contributed by atoms with van der Waals surface area (Å²) in [6, 6.07) is 16.8. The third-order valence-corrected chi connectivity index (χ3v) is 13.2. The van der Waals surface area contributed by atoms with E-state index in [2.05, 4.69) is 70.7 Å². The van der Waals surface area contributed by atoms with Crippen molar-refractivity contribution in [1.82, 2.24) is 24.1 Å². The molecule has 0 aliphatic carbocycles. The smallest absolute Gasteiger partial charge is 0.0306 e. The molecule has 14 heteroatoms. The molecule has 52 heavy (non-hydrogen) atoms. The number of carbonyl (C=O) groups excluding carboxylic acids is 2. The number of carbonyl (C=O) groups is 2. The Morgan fingerprint density at radius 3 is 2.46 bits per heavy atom. The van der Waals surface area contributed by atoms with Crippen molar-refractivity contribution in [2.24, 2.45) is 11.7 Å². The van der Waals surface area contributed by atoms with Gasteiger partial charge in [-0.25, -0.2) is 14.3 Å². The van der Waals surface area contributed by atoms with Gasteiger partial charge >= 0.3 is 152 Å². The van der Waals surface area contributed by atoms with Crippen molar-refractivity contribution in [2.75, 3.05) is 78.4 Å². The Morgan fingerprint density at radius 2 is 1.73 bits per heavy atom. The number of rotatable bonds is 13. The van der Waals surface area contributed by atoms with E-state index in [1.54, 1.807) is 4.90 Å². The summed E-state index contributed by atoms with van der Waals surface area (Å²) in [7, 11) is 0. The first-order valence-electron chi connectivity index (χ1n) is 18.6. The molecule has 0 saturated carbocycles. The van der Waals surface area contributed by atoms with E-state index in [1.807, 2.05) is 37.2 Å². The van der Waals surface area contributed by atoms with E-state index in [4.69, 9.17) is 5.73 Å². The van der Waals surface area contributed by atoms with Crippen LogP contribution in [0.2, 0.25) is 0 Å². The van der Waals surface area contributed by atoms with Gasteiger partial charge in [0.1, 0.15) is 0 Å². The van der Waals surface area contributed by atoms with E-state index < -0.39 is 33.6 Å². The number of hydrogen-bond donors (Lipinski definition) is 3. The number of alkyl halides is 1. The fourth-order valence-electron chi connectivity index (χ4n) is 7.99. The van der Waals surface area contributed by atoms with Crippen LogP contribution >= 0.6 is 11.9 Å². The first-order valence-corrected chi connectivity index (χ1v) is 21.9. The molecule has 7 rings (SSSR count). The number of aryl methyl sites for hydroxylation is 1. The minimum Gasteiger partial charge on any atom is -0.218 e. The molecule has 3 aromatic rings. The van der Waals surface area contributed by atoms with E-state index in [-0.39, 0.29) is 5.91 Å². The number of benzene rings is 2. The van der Waals surface area contributed by atoms with Crippen molar-refractivity contribution < 1.29 is 34.6 Å². The second kappa shape index (κ2) is 17.3. The molecular formula is C38H51IN9O3S-. The van der Waals surface area contributed by atoms with Crippen LogP contribution in [0.5, 0.6) is 0 Å². The molecule has 1 aromatic heterocycles. The summed E-state index contributed by atoms with van der Waals surface area (Å²) in [5, 5.41) is 3.52. The van der Waals surface area contributed by atoms with Crippen LogP contribution in [0.1, 0.15) is 53.7 Å². The summed E-state index contributed by atoms with van der Waals surface area (Å²) in [6.45, 7) is 11.9. The minimum atomic E-state index is -0.953. The topological polar surface area (TPSA) is 134 Å². The number of hydrogen-bond acceptors (Lipinski definition) is 11. The third kappa shape index (κ3) is 9.12. The maximum absolute atomic E-state index is 13.1. The predicted molar refractivity (Wildman–Crippen MR) is 202 cm³/mol. The average Bonchev–Trinajstić information content (AvgIpc) is 3.48. The molecule has 3 saturated heterocycles. The number of halogens is 1. The predicted octanol–water partition coefficient (Wildman–Crippen LogP) is 0.603. The van der Waals surface area contributed by atoms with Crippen LogP contribution in [0.4, 0.5) is 17.3 Å². The monoisotopic (exact) mass is 840 g/mol. The molecule has 0 spiro atoms. The Kier molecular flexibility index (Phi) is 12.4. The maximum Gasteiger partial charge on any atom is 0.0306 e. The van der Waals surface area contributed by atoms with Crippen LogP contribution in [0.3, 0.4) is 0 Å². The van der Waals surface area contributed by atoms with Crippen molar-refractivity contribution in [3.05, 3.63) is 71.5 Å². The summed E-state index contributed by atoms with van der Waals surface area (Å²) < 4.78 is 12.4. The van der Waals surface area contributed by atoms with Crippen LogP contribution in [0.15, 0.2) is 59.6 Å². The molecule has 2 amide bonds. The fraction of sp³-hybridized carbons (Fsp3) is 0.526. The van der Waals surface area contributed by atoms with Gasteiger partial charge in [-0.2, -0.15) is 0 Å². The van der Waals surface area contributed by atoms with Gasteiger partial charge in [0.05, 0.1) is 0 Å². The van der Waals surface area contributed by atoms with Crippen LogP contribution in [-0.4, -0.2) is 115 Å². The number of nitrogens with one attached hydrogen (secondary N) is 1. The molecule has 4 aliphatic heterocycles. The zero-order chi connectivity index (χ0) is 36.0. The number of piperazine rings is 1. The minimum absolute atomic E-state index is 0.137. The molecule has 5 heterocycles. The molecule has 3 fully saturated rings. The number of amides is 2. The van der Waals surface area contributed by atoms with Gasteiger partial charge in [0, 0.05) is 74.3 Å². The van der Waals surface area contributed by atoms with Crippen LogP contribution in [-0.2, 0) is 11.3 Å². The SMILES string of the molecule is Cc1ccnc(NC2CCN(Sc3cccc(N4CCN(CC5CCN(c6ccc7c(c6)CN(C(CC[I-]O)C(N)=O)C7=O)CC5)CC4)c3)CC2)n1. The number of piperidine rings is 2. The summed E-state index contributed by atoms with van der Waals surface area (Å²) in [4.78, 5) is 44.6. The van der Waals surface area contributed by atoms with E-state index in [9.17, 15) is 13.0 Å². The van der Waals surface area contributed by atoms with E-state index >= 15 is 0 Å². The maximum atomic E-state index is 13.1. The molecule has 1 unspecified atom stereocenters. The quantitative estimate of drug-likeness (QED) is 0.127. The summed E-state index contributed by atoms with van der Waals surface area (Å²) in [5.41, 5.74) is 10.7. The van der Waals surface area contributed by atoms with Crippen molar-refractivity contribution in [3.63, 3.8) is 0 Å². The number of fused-ring (bicyclic) bond motifs is 1. The molecule has 280 valence electrons. The Balaban J connectivity index is 0.835. The molecule has 1 atom stereocenters. The second-order valence-corrected chi connectivity index (χ2v) is 17.4. The van der Waals surface area contributed by atoms with Crippen LogP contribution in [0.25, 0.3) is 0 Å². The third-order valence-electron chi connectivity index (χ3n) is 11.0. The van der Waals surface area contributed by atoms with Gasteiger partial charge in [-0.1, -0.05) is 6.07 Å². The molecule has 4 aliphatic rings. The number of nitrogens with zero attached hydrogens (tertiary/aromatic N) is 7. The Morgan fingerprint density at radius 1 is 0.981 bits per heavy atom. The molecule has 2 aromatic carbocycles. The van der Waals surface area contributed by atoms with Gasteiger partial charge < -0.3 is 10.2 Å². The van der Waals surface area contributed by atoms with Crippen molar-refractivity contribution in [1.29, 1.82) is 0 Å². The Bertz CT molecular complexity index is 1690. The Labute approximate surface area is 322 Å². The van der Waals surface area contributed by atoms with E-state index in [1.165, 1.54) is 10.6 Å². The van der Waals surface area contributed by atoms with Gasteiger partial charge in [-0.15, -0.1) is 0 Å². The summed E-state index contributed by atoms with van der Waals surface area (Å²) >= 11 is 0.926. The number of anilines is 3. The van der Waals surface area contributed by atoms with Crippen LogP contribution < -0.4 is 42.5 Å². The molecule has 0 radical (unpaired) electrons. The van der Waals surface area contributed by atoms with Gasteiger partial charge in [-0.05, 0) is 56.0 Å². The standard InChI is InChI=1S/C38H51IN9O3S/c1-27-8-14-41-38(42-27)43-30-11-17-47(18-12-30)52-33-4-2-3-31(24-33)46-21-19-44(20-22-46)25-28-9-15-45(16-10-28)32-5-6-34-29(23-32)26-48(37(34)50)35(36(40)49)7-13-39-51/h2-6,8,14,23-24,28,30,35,51H,7,9-13,15-22,25-26H2,1H3,(H2,40,49)(H,41,42,43)/q-1. The van der Waals surface area contributed by atoms with E-state index in [0.717, 1.165) is 107 Å². The molecule has 4 N–H and O–H groups in total. The van der Waals surface area contributed by atoms with Crippen molar-refractivity contribution in [2.45, 2.75) is 62.6 Å². The van der Waals surface area contributed by atoms with Gasteiger partial charge in [0.15, 0.2) is 0 Å². The van der Waals surface area contributed by atoms with Gasteiger partial charge in [-0.3, -0.25) is 4.90 Å². The van der Waals surface area contributed by atoms with Crippen molar-refractivity contribution >= 4 is 41.1 Å². The van der Waals surface area contributed by atoms with Crippen molar-refractivity contribution in [3.8, 4) is 0 Å². The zero-order valence-electron chi connectivity index (χ0n) is 30.0. The first-order chi connectivity index (χ1) is 25.3. The second-order valence-electron chi connectivity index (χ2n) is 14.5. The number of aromatic nitrogens is 2. The van der Waals surface area contributed by atoms with Crippen LogP contribution in [0, 0.1) is 12.8 Å². The molecule has 0 bridgehead atoms. The summed E-state index contributed by atoms with van der Waals surface area (Å²) in [5.74, 6) is 0.780.